The summed E-state index contributed by atoms with van der Waals surface area (Å²) in [6.45, 7) is 1.94. The van der Waals surface area contributed by atoms with Crippen LogP contribution in [0.2, 0.25) is 0 Å². The van der Waals surface area contributed by atoms with Gasteiger partial charge in [0.2, 0.25) is 5.43 Å². The molecule has 0 atom stereocenters. The standard InChI is InChI=1S/C21H22FNO4/c22-19-9-15(14-1-2-14)3-4-16(19)17-11-23(10-13-5-7-27-8-6-13)12-18(20(17)24)21(25)26/h3-4,9,11-14H,1-2,5-8,10H2,(H,25,26). The highest BCUT2D eigenvalue weighted by Crippen LogP contribution is 2.41. The number of carboxylic acids is 1. The first-order valence-electron chi connectivity index (χ1n) is 9.38. The van der Waals surface area contributed by atoms with Gasteiger partial charge in [0.05, 0.1) is 0 Å². The van der Waals surface area contributed by atoms with Crippen LogP contribution in [0, 0.1) is 11.7 Å². The molecule has 5 nitrogen and oxygen atoms in total. The number of nitrogens with zero attached hydrogens (tertiary/aromatic N) is 1. The monoisotopic (exact) mass is 371 g/mol. The third-order valence-electron chi connectivity index (χ3n) is 5.45. The first-order valence-corrected chi connectivity index (χ1v) is 9.38. The number of pyridine rings is 1. The Labute approximate surface area is 156 Å². The van der Waals surface area contributed by atoms with Crippen LogP contribution in [0.5, 0.6) is 0 Å². The summed E-state index contributed by atoms with van der Waals surface area (Å²) >= 11 is 0. The van der Waals surface area contributed by atoms with Crippen LogP contribution >= 0.6 is 0 Å². The Morgan fingerprint density at radius 3 is 2.52 bits per heavy atom. The molecule has 1 saturated heterocycles. The average molecular weight is 371 g/mol. The van der Waals surface area contributed by atoms with E-state index in [1.165, 1.54) is 12.3 Å². The van der Waals surface area contributed by atoms with Gasteiger partial charge in [0.15, 0.2) is 0 Å². The van der Waals surface area contributed by atoms with Gasteiger partial charge >= 0.3 is 5.97 Å². The molecule has 2 aromatic rings. The van der Waals surface area contributed by atoms with E-state index >= 15 is 0 Å². The summed E-state index contributed by atoms with van der Waals surface area (Å²) in [5, 5.41) is 9.43. The molecular formula is C21H22FNO4. The Hall–Kier alpha value is -2.47. The second-order valence-electron chi connectivity index (χ2n) is 7.49. The first kappa shape index (κ1) is 17.9. The summed E-state index contributed by atoms with van der Waals surface area (Å²) in [5.74, 6) is -1.02. The van der Waals surface area contributed by atoms with Gasteiger partial charge in [-0.3, -0.25) is 4.79 Å². The fraction of sp³-hybridized carbons (Fsp3) is 0.429. The molecule has 1 aromatic carbocycles. The number of benzene rings is 1. The van der Waals surface area contributed by atoms with Gasteiger partial charge in [0.1, 0.15) is 11.4 Å². The van der Waals surface area contributed by atoms with Gasteiger partial charge in [-0.2, -0.15) is 0 Å². The molecule has 142 valence electrons. The van der Waals surface area contributed by atoms with Gasteiger partial charge in [-0.15, -0.1) is 0 Å². The lowest BCUT2D eigenvalue weighted by atomic mass is 9.98. The van der Waals surface area contributed by atoms with Crippen molar-refractivity contribution in [3.8, 4) is 11.1 Å². The van der Waals surface area contributed by atoms with Crippen LogP contribution in [0.1, 0.15) is 47.5 Å². The Morgan fingerprint density at radius 1 is 1.15 bits per heavy atom. The number of ether oxygens (including phenoxy) is 1. The van der Waals surface area contributed by atoms with E-state index in [2.05, 4.69) is 0 Å². The molecule has 0 radical (unpaired) electrons. The van der Waals surface area contributed by atoms with Crippen molar-refractivity contribution in [2.45, 2.75) is 38.1 Å². The van der Waals surface area contributed by atoms with Crippen LogP contribution < -0.4 is 5.43 Å². The van der Waals surface area contributed by atoms with E-state index in [1.807, 2.05) is 6.07 Å². The molecule has 1 N–H and O–H groups in total. The fourth-order valence-corrected chi connectivity index (χ4v) is 3.73. The van der Waals surface area contributed by atoms with Crippen LogP contribution in [0.15, 0.2) is 35.4 Å². The fourth-order valence-electron chi connectivity index (χ4n) is 3.73. The van der Waals surface area contributed by atoms with Crippen molar-refractivity contribution in [1.82, 2.24) is 4.57 Å². The summed E-state index contributed by atoms with van der Waals surface area (Å²) in [7, 11) is 0. The minimum atomic E-state index is -1.29. The molecule has 1 aromatic heterocycles. The lowest BCUT2D eigenvalue weighted by molar-refractivity contribution is 0.0609. The predicted octanol–water partition coefficient (Wildman–Crippen LogP) is 3.66. The molecule has 0 amide bonds. The summed E-state index contributed by atoms with van der Waals surface area (Å²) in [6, 6.07) is 4.92. The van der Waals surface area contributed by atoms with E-state index in [-0.39, 0.29) is 16.7 Å². The molecule has 2 heterocycles. The van der Waals surface area contributed by atoms with Gasteiger partial charge < -0.3 is 14.4 Å². The lowest BCUT2D eigenvalue weighted by Crippen LogP contribution is -2.24. The Bertz CT molecular complexity index is 926. The van der Waals surface area contributed by atoms with Crippen molar-refractivity contribution < 1.29 is 19.0 Å². The van der Waals surface area contributed by atoms with Crippen LogP contribution in [0.25, 0.3) is 11.1 Å². The summed E-state index contributed by atoms with van der Waals surface area (Å²) in [5.41, 5.74) is 0.220. The molecule has 0 spiro atoms. The molecule has 1 aliphatic carbocycles. The average Bonchev–Trinajstić information content (AvgIpc) is 3.49. The number of carbonyl (C=O) groups is 1. The Morgan fingerprint density at radius 2 is 1.89 bits per heavy atom. The van der Waals surface area contributed by atoms with Crippen molar-refractivity contribution >= 4 is 5.97 Å². The minimum absolute atomic E-state index is 0.0989. The summed E-state index contributed by atoms with van der Waals surface area (Å²) in [4.78, 5) is 24.2. The SMILES string of the molecule is O=C(O)c1cn(CC2CCOCC2)cc(-c2ccc(C3CC3)cc2F)c1=O. The van der Waals surface area contributed by atoms with E-state index in [1.54, 1.807) is 16.8 Å². The molecule has 2 fully saturated rings. The molecule has 2 aliphatic rings. The van der Waals surface area contributed by atoms with E-state index < -0.39 is 17.2 Å². The molecule has 27 heavy (non-hydrogen) atoms. The maximum atomic E-state index is 14.7. The van der Waals surface area contributed by atoms with Gasteiger partial charge in [-0.05, 0) is 49.1 Å². The maximum absolute atomic E-state index is 14.7. The van der Waals surface area contributed by atoms with E-state index in [9.17, 15) is 19.1 Å². The molecule has 0 bridgehead atoms. The highest BCUT2D eigenvalue weighted by Gasteiger charge is 2.25. The number of hydrogen-bond acceptors (Lipinski definition) is 3. The van der Waals surface area contributed by atoms with E-state index in [4.69, 9.17) is 4.74 Å². The normalized spacial score (nSPS) is 17.8. The molecular weight excluding hydrogens is 349 g/mol. The quantitative estimate of drug-likeness (QED) is 0.871. The Balaban J connectivity index is 1.74. The largest absolute Gasteiger partial charge is 0.477 e. The number of rotatable bonds is 5. The third-order valence-corrected chi connectivity index (χ3v) is 5.45. The van der Waals surface area contributed by atoms with Gasteiger partial charge in [0, 0.05) is 43.3 Å². The number of aromatic carboxylic acids is 1. The number of carboxylic acid groups (broad SMARTS) is 1. The van der Waals surface area contributed by atoms with E-state index in [0.717, 1.165) is 31.2 Å². The third kappa shape index (κ3) is 3.81. The number of aromatic nitrogens is 1. The molecule has 1 saturated carbocycles. The lowest BCUT2D eigenvalue weighted by Gasteiger charge is -2.23. The number of hydrogen-bond donors (Lipinski definition) is 1. The molecule has 0 unspecified atom stereocenters. The van der Waals surface area contributed by atoms with Gasteiger partial charge in [-0.25, -0.2) is 9.18 Å². The summed E-state index contributed by atoms with van der Waals surface area (Å²) < 4.78 is 21.8. The van der Waals surface area contributed by atoms with Crippen LogP contribution in [-0.2, 0) is 11.3 Å². The minimum Gasteiger partial charge on any atom is -0.477 e. The van der Waals surface area contributed by atoms with Crippen molar-refractivity contribution in [2.75, 3.05) is 13.2 Å². The molecule has 4 rings (SSSR count). The summed E-state index contributed by atoms with van der Waals surface area (Å²) in [6.07, 6.45) is 6.83. The van der Waals surface area contributed by atoms with Crippen molar-refractivity contribution in [3.05, 3.63) is 57.8 Å². The highest BCUT2D eigenvalue weighted by molar-refractivity contribution is 5.88. The predicted molar refractivity (Wildman–Crippen MR) is 98.6 cm³/mol. The van der Waals surface area contributed by atoms with Gasteiger partial charge in [0.25, 0.3) is 0 Å². The zero-order valence-electron chi connectivity index (χ0n) is 15.0. The van der Waals surface area contributed by atoms with Crippen LogP contribution in [0.4, 0.5) is 4.39 Å². The Kier molecular flexibility index (Phi) is 4.83. The zero-order chi connectivity index (χ0) is 19.0. The van der Waals surface area contributed by atoms with E-state index in [0.29, 0.717) is 31.6 Å². The van der Waals surface area contributed by atoms with Gasteiger partial charge in [-0.1, -0.05) is 12.1 Å². The topological polar surface area (TPSA) is 68.5 Å². The second-order valence-corrected chi connectivity index (χ2v) is 7.49. The van der Waals surface area contributed by atoms with Crippen LogP contribution in [-0.4, -0.2) is 28.9 Å². The molecule has 6 heteroatoms. The van der Waals surface area contributed by atoms with Crippen molar-refractivity contribution in [1.29, 1.82) is 0 Å². The highest BCUT2D eigenvalue weighted by atomic mass is 19.1. The first-order chi connectivity index (χ1) is 13.0. The number of halogens is 1. The second kappa shape index (κ2) is 7.27. The van der Waals surface area contributed by atoms with Crippen molar-refractivity contribution in [3.63, 3.8) is 0 Å². The maximum Gasteiger partial charge on any atom is 0.341 e. The molecule has 1 aliphatic heterocycles. The van der Waals surface area contributed by atoms with Crippen molar-refractivity contribution in [2.24, 2.45) is 5.92 Å². The smallest absolute Gasteiger partial charge is 0.341 e. The zero-order valence-corrected chi connectivity index (χ0v) is 15.0. The van der Waals surface area contributed by atoms with Crippen LogP contribution in [0.3, 0.4) is 0 Å².